The number of amides is 1. The molecular formula is C21H18F3N3O2. The number of nitrogens with zero attached hydrogens (tertiary/aromatic N) is 3. The van der Waals surface area contributed by atoms with E-state index < -0.39 is 30.8 Å². The van der Waals surface area contributed by atoms with Gasteiger partial charge in [0.05, 0.1) is 12.6 Å². The van der Waals surface area contributed by atoms with Gasteiger partial charge in [-0.1, -0.05) is 12.1 Å². The predicted octanol–water partition coefficient (Wildman–Crippen LogP) is 3.53. The van der Waals surface area contributed by atoms with Crippen LogP contribution in [0.25, 0.3) is 0 Å². The highest BCUT2D eigenvalue weighted by Crippen LogP contribution is 2.32. The highest BCUT2D eigenvalue weighted by Gasteiger charge is 2.47. The lowest BCUT2D eigenvalue weighted by atomic mass is 9.97. The van der Waals surface area contributed by atoms with E-state index in [4.69, 9.17) is 5.26 Å². The fourth-order valence-electron chi connectivity index (χ4n) is 3.36. The predicted molar refractivity (Wildman–Crippen MR) is 97.7 cm³/mol. The summed E-state index contributed by atoms with van der Waals surface area (Å²) in [5.74, 6) is -4.42. The number of pyridine rings is 1. The topological polar surface area (TPSA) is 74.1 Å². The molecule has 1 amide bonds. The van der Waals surface area contributed by atoms with Gasteiger partial charge in [0.25, 0.3) is 5.92 Å². The van der Waals surface area contributed by atoms with Crippen LogP contribution in [0, 0.1) is 17.1 Å². The molecule has 0 unspecified atom stereocenters. The molecule has 8 heteroatoms. The number of carbonyl (C=O) groups excluding carboxylic acids is 2. The average Bonchev–Trinajstić information content (AvgIpc) is 3.03. The van der Waals surface area contributed by atoms with Gasteiger partial charge in [-0.3, -0.25) is 14.6 Å². The quantitative estimate of drug-likeness (QED) is 0.694. The lowest BCUT2D eigenvalue weighted by Gasteiger charge is -2.19. The van der Waals surface area contributed by atoms with Gasteiger partial charge in [-0.05, 0) is 35.7 Å². The zero-order valence-corrected chi connectivity index (χ0v) is 15.4. The van der Waals surface area contributed by atoms with Gasteiger partial charge in [0.15, 0.2) is 5.78 Å². The third-order valence-corrected chi connectivity index (χ3v) is 4.82. The summed E-state index contributed by atoms with van der Waals surface area (Å²) < 4.78 is 40.1. The molecule has 0 N–H and O–H groups in total. The number of ketones is 1. The Hall–Kier alpha value is -3.21. The van der Waals surface area contributed by atoms with Crippen LogP contribution in [0.2, 0.25) is 0 Å². The number of nitriles is 1. The lowest BCUT2D eigenvalue weighted by Crippen LogP contribution is -2.36. The van der Waals surface area contributed by atoms with E-state index in [2.05, 4.69) is 4.98 Å². The summed E-state index contributed by atoms with van der Waals surface area (Å²) in [6.07, 6.45) is 2.24. The van der Waals surface area contributed by atoms with E-state index >= 15 is 0 Å². The van der Waals surface area contributed by atoms with E-state index in [0.717, 1.165) is 10.5 Å². The Bertz CT molecular complexity index is 954. The molecule has 0 spiro atoms. The third-order valence-electron chi connectivity index (χ3n) is 4.82. The Morgan fingerprint density at radius 1 is 1.21 bits per heavy atom. The summed E-state index contributed by atoms with van der Waals surface area (Å²) in [6, 6.07) is 7.93. The number of likely N-dealkylation sites (tertiary alicyclic amines) is 1. The maximum absolute atomic E-state index is 13.5. The van der Waals surface area contributed by atoms with Gasteiger partial charge in [0, 0.05) is 37.2 Å². The molecule has 0 bridgehead atoms. The maximum Gasteiger partial charge on any atom is 0.268 e. The van der Waals surface area contributed by atoms with E-state index in [1.807, 2.05) is 0 Å². The molecule has 1 fully saturated rings. The molecule has 5 nitrogen and oxygen atoms in total. The minimum Gasteiger partial charge on any atom is -0.320 e. The van der Waals surface area contributed by atoms with E-state index in [9.17, 15) is 22.8 Å². The van der Waals surface area contributed by atoms with Crippen LogP contribution in [0.4, 0.5) is 13.2 Å². The minimum atomic E-state index is -3.09. The highest BCUT2D eigenvalue weighted by molar-refractivity contribution is 5.99. The molecule has 0 saturated carbocycles. The van der Waals surface area contributed by atoms with Crippen molar-refractivity contribution in [2.45, 2.75) is 37.6 Å². The smallest absolute Gasteiger partial charge is 0.268 e. The van der Waals surface area contributed by atoms with Crippen LogP contribution in [-0.4, -0.2) is 40.1 Å². The second kappa shape index (κ2) is 8.43. The molecule has 1 aromatic heterocycles. The van der Waals surface area contributed by atoms with Crippen molar-refractivity contribution in [1.82, 2.24) is 9.88 Å². The van der Waals surface area contributed by atoms with Crippen LogP contribution in [0.5, 0.6) is 0 Å². The number of carbonyl (C=O) groups is 2. The number of alkyl halides is 2. The molecule has 0 radical (unpaired) electrons. The Kier molecular flexibility index (Phi) is 5.97. The summed E-state index contributed by atoms with van der Waals surface area (Å²) in [5.41, 5.74) is 1.79. The maximum atomic E-state index is 13.5. The van der Waals surface area contributed by atoms with Crippen molar-refractivity contribution < 1.29 is 22.8 Å². The first kappa shape index (κ1) is 20.5. The van der Waals surface area contributed by atoms with Gasteiger partial charge < -0.3 is 4.90 Å². The molecule has 1 aromatic carbocycles. The van der Waals surface area contributed by atoms with Gasteiger partial charge in [-0.2, -0.15) is 5.26 Å². The monoisotopic (exact) mass is 401 g/mol. The first-order valence-corrected chi connectivity index (χ1v) is 9.06. The van der Waals surface area contributed by atoms with Crippen LogP contribution in [-0.2, 0) is 11.2 Å². The van der Waals surface area contributed by atoms with Crippen molar-refractivity contribution in [3.05, 3.63) is 65.2 Å². The first-order valence-electron chi connectivity index (χ1n) is 9.06. The summed E-state index contributed by atoms with van der Waals surface area (Å²) >= 11 is 0. The zero-order valence-electron chi connectivity index (χ0n) is 15.4. The van der Waals surface area contributed by atoms with Crippen molar-refractivity contribution in [2.24, 2.45) is 0 Å². The van der Waals surface area contributed by atoms with Crippen LogP contribution >= 0.6 is 0 Å². The fraction of sp³-hybridized carbons (Fsp3) is 0.333. The molecular weight excluding hydrogens is 383 g/mol. The molecule has 150 valence electrons. The van der Waals surface area contributed by atoms with E-state index in [0.29, 0.717) is 17.5 Å². The van der Waals surface area contributed by atoms with Crippen LogP contribution in [0.1, 0.15) is 40.7 Å². The zero-order chi connectivity index (χ0) is 21.0. The number of rotatable bonds is 6. The van der Waals surface area contributed by atoms with Gasteiger partial charge in [-0.25, -0.2) is 13.2 Å². The number of hydrogen-bond acceptors (Lipinski definition) is 4. The molecule has 29 heavy (non-hydrogen) atoms. The number of benzene rings is 1. The van der Waals surface area contributed by atoms with Gasteiger partial charge >= 0.3 is 0 Å². The SMILES string of the molecule is N#C[C@@H]1CC(F)(F)CN1C(=O)CCC(=O)c1ccncc1Cc1ccc(F)cc1. The summed E-state index contributed by atoms with van der Waals surface area (Å²) in [7, 11) is 0. The normalized spacial score (nSPS) is 17.7. The Balaban J connectivity index is 1.66. The molecule has 1 aliphatic rings. The second-order valence-electron chi connectivity index (χ2n) is 6.99. The number of halogens is 3. The largest absolute Gasteiger partial charge is 0.320 e. The third kappa shape index (κ3) is 4.99. The summed E-state index contributed by atoms with van der Waals surface area (Å²) in [4.78, 5) is 29.8. The average molecular weight is 401 g/mol. The second-order valence-corrected chi connectivity index (χ2v) is 6.99. The van der Waals surface area contributed by atoms with Crippen molar-refractivity contribution in [2.75, 3.05) is 6.54 Å². The van der Waals surface area contributed by atoms with Gasteiger partial charge in [0.1, 0.15) is 11.9 Å². The summed E-state index contributed by atoms with van der Waals surface area (Å²) in [5, 5.41) is 8.99. The first-order chi connectivity index (χ1) is 13.8. The molecule has 1 atom stereocenters. The molecule has 1 aliphatic heterocycles. The number of aromatic nitrogens is 1. The van der Waals surface area contributed by atoms with Crippen molar-refractivity contribution in [1.29, 1.82) is 5.26 Å². The molecule has 1 saturated heterocycles. The number of Topliss-reactive ketones (excluding diaryl/α,β-unsaturated/α-hetero) is 1. The van der Waals surface area contributed by atoms with Crippen LogP contribution < -0.4 is 0 Å². The lowest BCUT2D eigenvalue weighted by molar-refractivity contribution is -0.132. The van der Waals surface area contributed by atoms with Crippen molar-refractivity contribution in [3.8, 4) is 6.07 Å². The molecule has 0 aliphatic carbocycles. The highest BCUT2D eigenvalue weighted by atomic mass is 19.3. The Morgan fingerprint density at radius 2 is 1.93 bits per heavy atom. The fourth-order valence-corrected chi connectivity index (χ4v) is 3.36. The summed E-state index contributed by atoms with van der Waals surface area (Å²) in [6.45, 7) is -0.802. The Labute approximate surface area is 165 Å². The van der Waals surface area contributed by atoms with Crippen LogP contribution in [0.15, 0.2) is 42.7 Å². The van der Waals surface area contributed by atoms with Crippen molar-refractivity contribution >= 4 is 11.7 Å². The molecule has 3 rings (SSSR count). The van der Waals surface area contributed by atoms with E-state index in [1.54, 1.807) is 18.2 Å². The van der Waals surface area contributed by atoms with Gasteiger partial charge in [0.2, 0.25) is 5.91 Å². The van der Waals surface area contributed by atoms with E-state index in [1.165, 1.54) is 30.6 Å². The number of hydrogen-bond donors (Lipinski definition) is 0. The van der Waals surface area contributed by atoms with Gasteiger partial charge in [-0.15, -0.1) is 0 Å². The molecule has 2 aromatic rings. The van der Waals surface area contributed by atoms with Crippen LogP contribution in [0.3, 0.4) is 0 Å². The minimum absolute atomic E-state index is 0.167. The molecule has 2 heterocycles. The van der Waals surface area contributed by atoms with Crippen molar-refractivity contribution in [3.63, 3.8) is 0 Å². The van der Waals surface area contributed by atoms with E-state index in [-0.39, 0.29) is 24.4 Å². The Morgan fingerprint density at radius 3 is 2.62 bits per heavy atom. The standard InChI is InChI=1S/C21H18F3N3O2/c22-16-3-1-14(2-4-16)9-15-12-26-8-7-18(15)19(28)5-6-20(29)27-13-21(23,24)10-17(27)11-25/h1-4,7-8,12,17H,5-6,9-10,13H2/t17-/m0/s1.